The smallest absolute Gasteiger partial charge is 0.227 e. The summed E-state index contributed by atoms with van der Waals surface area (Å²) in [6.45, 7) is 1.15. The summed E-state index contributed by atoms with van der Waals surface area (Å²) in [5, 5.41) is 6.33. The quantitative estimate of drug-likeness (QED) is 0.534. The minimum atomic E-state index is -1.64. The fourth-order valence-electron chi connectivity index (χ4n) is 5.30. The Morgan fingerprint density at radius 3 is 2.31 bits per heavy atom. The van der Waals surface area contributed by atoms with Crippen molar-refractivity contribution in [3.05, 3.63) is 40.3 Å². The molecule has 0 atom stereocenters. The third kappa shape index (κ3) is 3.82. The Hall–Kier alpha value is -1.61. The lowest BCUT2D eigenvalue weighted by atomic mass is 9.29. The number of halogens is 2. The first kappa shape index (κ1) is 24.7. The highest BCUT2D eigenvalue weighted by molar-refractivity contribution is 6.54. The molecule has 2 saturated heterocycles. The van der Waals surface area contributed by atoms with E-state index in [4.69, 9.17) is 72.2 Å². The molecule has 1 N–H and O–H groups in total. The van der Waals surface area contributed by atoms with Gasteiger partial charge in [-0.05, 0) is 73.2 Å². The summed E-state index contributed by atoms with van der Waals surface area (Å²) >= 11 is 13.2. The number of anilines is 2. The highest BCUT2D eigenvalue weighted by Crippen LogP contribution is 2.48. The van der Waals surface area contributed by atoms with Crippen LogP contribution in [0.2, 0.25) is 10.2 Å². The summed E-state index contributed by atoms with van der Waals surface area (Å²) in [4.78, 5) is 11.0. The molecule has 1 aliphatic carbocycles. The van der Waals surface area contributed by atoms with Crippen molar-refractivity contribution < 1.29 is 4.74 Å². The van der Waals surface area contributed by atoms with Gasteiger partial charge in [0.2, 0.25) is 5.95 Å². The van der Waals surface area contributed by atoms with Gasteiger partial charge in [0.25, 0.3) is 0 Å². The molecule has 0 unspecified atom stereocenters. The van der Waals surface area contributed by atoms with Crippen LogP contribution in [0.1, 0.15) is 43.2 Å². The average Bonchev–Trinajstić information content (AvgIpc) is 3.61. The van der Waals surface area contributed by atoms with E-state index in [0.717, 1.165) is 42.1 Å². The monoisotopic (exact) mass is 508 g/mol. The first-order valence-electron chi connectivity index (χ1n) is 11.9. The topological polar surface area (TPSA) is 68.1 Å². The van der Waals surface area contributed by atoms with Gasteiger partial charge in [0.05, 0.1) is 31.3 Å². The van der Waals surface area contributed by atoms with Crippen LogP contribution in [0, 0.1) is 0 Å². The number of hydrogen-bond acceptors (Lipinski definition) is 6. The Bertz CT molecular complexity index is 1330. The summed E-state index contributed by atoms with van der Waals surface area (Å²) in [5.41, 5.74) is 1.06. The Morgan fingerprint density at radius 1 is 0.972 bits per heavy atom. The molecule has 2 aliphatic heterocycles. The minimum Gasteiger partial charge on any atom is -0.405 e. The van der Waals surface area contributed by atoms with E-state index < -0.39 is 16.2 Å². The van der Waals surface area contributed by atoms with Crippen molar-refractivity contribution in [3.8, 4) is 0 Å². The predicted octanol–water partition coefficient (Wildman–Crippen LogP) is 2.27. The van der Waals surface area contributed by atoms with E-state index in [2.05, 4.69) is 15.4 Å². The third-order valence-electron chi connectivity index (χ3n) is 7.53. The molecule has 6 rings (SSSR count). The lowest BCUT2D eigenvalue weighted by molar-refractivity contribution is -0.196. The van der Waals surface area contributed by atoms with Crippen LogP contribution in [0.5, 0.6) is 0 Å². The molecule has 1 saturated carbocycles. The highest BCUT2D eigenvalue weighted by Gasteiger charge is 2.63. The second-order valence-electron chi connectivity index (χ2n) is 9.99. The van der Waals surface area contributed by atoms with Crippen LogP contribution in [0.15, 0.2) is 24.5 Å². The highest BCUT2D eigenvalue weighted by atomic mass is 35.5. The van der Waals surface area contributed by atoms with Crippen LogP contribution in [-0.4, -0.2) is 93.2 Å². The second kappa shape index (κ2) is 8.45. The number of hydrogen-bond donors (Lipinski definition) is 1. The summed E-state index contributed by atoms with van der Waals surface area (Å²) < 4.78 is 7.06. The molecule has 7 nitrogen and oxygen atoms in total. The number of nitrogens with zero attached hydrogens (tertiary/aromatic N) is 5. The van der Waals surface area contributed by atoms with Gasteiger partial charge in [0, 0.05) is 22.0 Å². The van der Waals surface area contributed by atoms with Gasteiger partial charge in [-0.3, -0.25) is 0 Å². The van der Waals surface area contributed by atoms with E-state index in [1.807, 2.05) is 21.7 Å². The molecule has 36 heavy (non-hydrogen) atoms. The van der Waals surface area contributed by atoms with Gasteiger partial charge < -0.3 is 15.0 Å². The average molecular weight is 508 g/mol. The van der Waals surface area contributed by atoms with Gasteiger partial charge in [0.1, 0.15) is 31.4 Å². The van der Waals surface area contributed by atoms with E-state index in [1.54, 1.807) is 12.4 Å². The van der Waals surface area contributed by atoms with Crippen molar-refractivity contribution in [2.24, 2.45) is 0 Å². The first-order valence-corrected chi connectivity index (χ1v) is 12.6. The van der Waals surface area contributed by atoms with Crippen molar-refractivity contribution in [1.82, 2.24) is 24.6 Å². The molecule has 0 spiro atoms. The number of benzene rings is 1. The third-order valence-corrected chi connectivity index (χ3v) is 8.24. The van der Waals surface area contributed by atoms with Crippen LogP contribution in [0.3, 0.4) is 0 Å². The predicted molar refractivity (Wildman–Crippen MR) is 145 cm³/mol. The SMILES string of the molecule is [B]C1([B])OC([B])([B])C1([B])N1CCC(c2cc3nc(Nc4cnn(C5CC5)c4Cl)ncc3cc2Cl)CC1. The molecule has 0 amide bonds. The maximum Gasteiger partial charge on any atom is 0.227 e. The van der Waals surface area contributed by atoms with Crippen LogP contribution in [-0.2, 0) is 4.74 Å². The Kier molecular flexibility index (Phi) is 5.80. The molecule has 1 aromatic carbocycles. The second-order valence-corrected chi connectivity index (χ2v) is 10.8. The number of rotatable bonds is 5. The summed E-state index contributed by atoms with van der Waals surface area (Å²) in [7, 11) is 30.5. The Labute approximate surface area is 226 Å². The van der Waals surface area contributed by atoms with Gasteiger partial charge in [0.15, 0.2) is 5.15 Å². The van der Waals surface area contributed by atoms with Crippen LogP contribution in [0.25, 0.3) is 10.9 Å². The number of likely N-dealkylation sites (tertiary alicyclic amines) is 1. The zero-order valence-electron chi connectivity index (χ0n) is 19.5. The van der Waals surface area contributed by atoms with Crippen LogP contribution < -0.4 is 5.32 Å². The first-order chi connectivity index (χ1) is 17.0. The standard InChI is InChI=1S/C22H19B5Cl2N6O/c23-20(21(24,25)36-22(20,26)27)34-5-3-11(4-6-34)14-8-16-12(7-15(14)28)9-30-19(32-16)33-17-10-31-35(18(17)29)13-1-2-13/h7-11,13H,1-6H2,(H,30,32,33). The molecule has 0 bridgehead atoms. The fourth-order valence-corrected chi connectivity index (χ4v) is 5.90. The number of ether oxygens (including phenoxy) is 1. The number of aromatic nitrogens is 4. The number of nitrogens with one attached hydrogen (secondary N) is 1. The minimum absolute atomic E-state index is 0.176. The maximum atomic E-state index is 6.68. The molecular formula is C22H19B5Cl2N6O. The molecular weight excluding hydrogens is 489 g/mol. The molecule has 3 aromatic rings. The molecule has 14 heteroatoms. The molecule has 4 heterocycles. The Balaban J connectivity index is 1.21. The molecule has 172 valence electrons. The van der Waals surface area contributed by atoms with Crippen molar-refractivity contribution in [3.63, 3.8) is 0 Å². The van der Waals surface area contributed by atoms with Crippen LogP contribution >= 0.6 is 23.2 Å². The van der Waals surface area contributed by atoms with Crippen molar-refractivity contribution in [1.29, 1.82) is 0 Å². The Morgan fingerprint density at radius 2 is 1.67 bits per heavy atom. The summed E-state index contributed by atoms with van der Waals surface area (Å²) in [6.07, 6.45) is 7.12. The number of fused-ring (bicyclic) bond motifs is 1. The lowest BCUT2D eigenvalue weighted by Crippen LogP contribution is -2.89. The van der Waals surface area contributed by atoms with E-state index >= 15 is 0 Å². The van der Waals surface area contributed by atoms with Gasteiger partial charge in [-0.15, -0.1) is 0 Å². The summed E-state index contributed by atoms with van der Waals surface area (Å²) in [5.74, 6) is 0.609. The zero-order valence-corrected chi connectivity index (χ0v) is 21.0. The van der Waals surface area contributed by atoms with E-state index in [0.29, 0.717) is 40.9 Å². The van der Waals surface area contributed by atoms with Gasteiger partial charge in [-0.25, -0.2) is 14.6 Å². The van der Waals surface area contributed by atoms with E-state index in [-0.39, 0.29) is 5.92 Å². The van der Waals surface area contributed by atoms with Crippen molar-refractivity contribution in [2.45, 2.75) is 53.9 Å². The normalized spacial score (nSPS) is 23.4. The van der Waals surface area contributed by atoms with Gasteiger partial charge >= 0.3 is 0 Å². The lowest BCUT2D eigenvalue weighted by Gasteiger charge is -2.73. The van der Waals surface area contributed by atoms with Gasteiger partial charge in [-0.2, -0.15) is 5.10 Å². The largest absolute Gasteiger partial charge is 0.405 e. The van der Waals surface area contributed by atoms with Crippen LogP contribution in [0.4, 0.5) is 11.6 Å². The molecule has 2 aromatic heterocycles. The number of piperidine rings is 1. The maximum absolute atomic E-state index is 6.68. The van der Waals surface area contributed by atoms with E-state index in [9.17, 15) is 0 Å². The molecule has 3 aliphatic rings. The van der Waals surface area contributed by atoms with Crippen molar-refractivity contribution >= 4 is 85.0 Å². The zero-order chi connectivity index (χ0) is 25.5. The van der Waals surface area contributed by atoms with Gasteiger partial charge in [-0.1, -0.05) is 23.2 Å². The summed E-state index contributed by atoms with van der Waals surface area (Å²) in [6, 6.07) is 4.28. The van der Waals surface area contributed by atoms with Crippen molar-refractivity contribution in [2.75, 3.05) is 18.4 Å². The molecule has 3 fully saturated rings. The van der Waals surface area contributed by atoms with E-state index in [1.165, 1.54) is 0 Å². The fraction of sp³-hybridized carbons (Fsp3) is 0.500. The molecule has 10 radical (unpaired) electrons.